The Kier molecular flexibility index (Phi) is 5.52. The first-order valence-electron chi connectivity index (χ1n) is 9.91. The molecule has 1 aliphatic rings. The van der Waals surface area contributed by atoms with Gasteiger partial charge in [0, 0.05) is 5.70 Å². The van der Waals surface area contributed by atoms with Crippen molar-refractivity contribution in [3.05, 3.63) is 82.8 Å². The van der Waals surface area contributed by atoms with Crippen molar-refractivity contribution in [3.8, 4) is 5.75 Å². The number of anilines is 1. The van der Waals surface area contributed by atoms with Crippen LogP contribution in [0.1, 0.15) is 36.8 Å². The number of carbonyl (C=O) groups excluding carboxylic acids is 1. The fourth-order valence-corrected chi connectivity index (χ4v) is 3.53. The molecule has 1 N–H and O–H groups in total. The molecule has 2 heterocycles. The predicted molar refractivity (Wildman–Crippen MR) is 113 cm³/mol. The van der Waals surface area contributed by atoms with Crippen LogP contribution in [0.3, 0.4) is 0 Å². The fraction of sp³-hybridized carbons (Fsp3) is 0.261. The van der Waals surface area contributed by atoms with Gasteiger partial charge in [-0.15, -0.1) is 0 Å². The molecule has 7 nitrogen and oxygen atoms in total. The standard InChI is InChI=1S/C23H24N4O3/c1-4-29-22(28)20-15(2)24-23-25-16(3)26-27(23)21(20)18-10-12-19(13-11-18)30-14-17-8-6-5-7-9-17/h5-13,21H,4,14H2,1-3H3,(H,24,25,26). The Morgan fingerprint density at radius 2 is 1.83 bits per heavy atom. The smallest absolute Gasteiger partial charge is 0.338 e. The van der Waals surface area contributed by atoms with E-state index in [0.29, 0.717) is 36.3 Å². The molecule has 1 atom stereocenters. The van der Waals surface area contributed by atoms with E-state index < -0.39 is 6.04 Å². The number of carbonyl (C=O) groups is 1. The number of aryl methyl sites for hydroxylation is 1. The second-order valence-corrected chi connectivity index (χ2v) is 7.06. The van der Waals surface area contributed by atoms with Crippen LogP contribution in [-0.2, 0) is 16.1 Å². The van der Waals surface area contributed by atoms with Crippen LogP contribution >= 0.6 is 0 Å². The lowest BCUT2D eigenvalue weighted by Crippen LogP contribution is -2.29. The number of allylic oxidation sites excluding steroid dienone is 1. The predicted octanol–water partition coefficient (Wildman–Crippen LogP) is 4.02. The number of nitrogens with one attached hydrogen (secondary N) is 1. The molecule has 0 fully saturated rings. The van der Waals surface area contributed by atoms with Crippen LogP contribution in [0.2, 0.25) is 0 Å². The van der Waals surface area contributed by atoms with Gasteiger partial charge in [-0.05, 0) is 44.0 Å². The highest BCUT2D eigenvalue weighted by atomic mass is 16.5. The quantitative estimate of drug-likeness (QED) is 0.625. The number of ether oxygens (including phenoxy) is 2. The summed E-state index contributed by atoms with van der Waals surface area (Å²) < 4.78 is 12.9. The molecule has 4 rings (SSSR count). The van der Waals surface area contributed by atoms with Crippen molar-refractivity contribution >= 4 is 11.9 Å². The van der Waals surface area contributed by atoms with Gasteiger partial charge in [0.05, 0.1) is 12.2 Å². The highest BCUT2D eigenvalue weighted by Gasteiger charge is 2.34. The summed E-state index contributed by atoms with van der Waals surface area (Å²) in [5, 5.41) is 7.67. The van der Waals surface area contributed by atoms with E-state index in [2.05, 4.69) is 15.4 Å². The van der Waals surface area contributed by atoms with Gasteiger partial charge < -0.3 is 14.8 Å². The van der Waals surface area contributed by atoms with Crippen LogP contribution in [0, 0.1) is 6.92 Å². The monoisotopic (exact) mass is 404 g/mol. The second kappa shape index (κ2) is 8.41. The minimum atomic E-state index is -0.426. The first-order chi connectivity index (χ1) is 14.6. The second-order valence-electron chi connectivity index (χ2n) is 7.06. The maximum atomic E-state index is 12.7. The Labute approximate surface area is 175 Å². The molecule has 0 spiro atoms. The summed E-state index contributed by atoms with van der Waals surface area (Å²) in [7, 11) is 0. The SMILES string of the molecule is CCOC(=O)C1=C(C)Nc2nc(C)nn2C1c1ccc(OCc2ccccc2)cc1. The summed E-state index contributed by atoms with van der Waals surface area (Å²) >= 11 is 0. The summed E-state index contributed by atoms with van der Waals surface area (Å²) in [6.45, 7) is 6.27. The van der Waals surface area contributed by atoms with E-state index in [0.717, 1.165) is 16.9 Å². The zero-order valence-corrected chi connectivity index (χ0v) is 17.3. The molecule has 2 aromatic carbocycles. The lowest BCUT2D eigenvalue weighted by molar-refractivity contribution is -0.139. The van der Waals surface area contributed by atoms with Crippen LogP contribution in [0.25, 0.3) is 0 Å². The van der Waals surface area contributed by atoms with Crippen molar-refractivity contribution in [2.75, 3.05) is 11.9 Å². The molecule has 1 aliphatic heterocycles. The number of benzene rings is 2. The summed E-state index contributed by atoms with van der Waals surface area (Å²) in [4.78, 5) is 17.2. The molecule has 1 unspecified atom stereocenters. The number of rotatable bonds is 6. The van der Waals surface area contributed by atoms with Crippen molar-refractivity contribution in [2.45, 2.75) is 33.4 Å². The maximum Gasteiger partial charge on any atom is 0.338 e. The molecule has 0 saturated carbocycles. The summed E-state index contributed by atoms with van der Waals surface area (Å²) in [6, 6.07) is 17.3. The van der Waals surface area contributed by atoms with Gasteiger partial charge in [0.2, 0.25) is 5.95 Å². The van der Waals surface area contributed by atoms with Crippen molar-refractivity contribution in [3.63, 3.8) is 0 Å². The van der Waals surface area contributed by atoms with E-state index in [9.17, 15) is 4.79 Å². The zero-order chi connectivity index (χ0) is 21.1. The molecule has 0 aliphatic carbocycles. The lowest BCUT2D eigenvalue weighted by atomic mass is 9.96. The van der Waals surface area contributed by atoms with Crippen LogP contribution in [0.5, 0.6) is 5.75 Å². The van der Waals surface area contributed by atoms with Gasteiger partial charge >= 0.3 is 5.97 Å². The third-order valence-corrected chi connectivity index (χ3v) is 4.90. The lowest BCUT2D eigenvalue weighted by Gasteiger charge is -2.28. The minimum Gasteiger partial charge on any atom is -0.489 e. The summed E-state index contributed by atoms with van der Waals surface area (Å²) in [5.74, 6) is 1.62. The number of hydrogen-bond acceptors (Lipinski definition) is 6. The van der Waals surface area contributed by atoms with E-state index in [1.54, 1.807) is 11.6 Å². The van der Waals surface area contributed by atoms with Crippen LogP contribution < -0.4 is 10.1 Å². The molecule has 0 amide bonds. The van der Waals surface area contributed by atoms with E-state index in [4.69, 9.17) is 9.47 Å². The first kappa shape index (κ1) is 19.7. The largest absolute Gasteiger partial charge is 0.489 e. The number of fused-ring (bicyclic) bond motifs is 1. The van der Waals surface area contributed by atoms with Gasteiger partial charge in [-0.2, -0.15) is 10.1 Å². The Balaban J connectivity index is 1.63. The molecule has 30 heavy (non-hydrogen) atoms. The molecule has 3 aromatic rings. The Morgan fingerprint density at radius 3 is 2.53 bits per heavy atom. The number of nitrogens with zero attached hydrogens (tertiary/aromatic N) is 3. The molecule has 0 bridgehead atoms. The highest BCUT2D eigenvalue weighted by molar-refractivity contribution is 5.92. The van der Waals surface area contributed by atoms with E-state index in [1.807, 2.05) is 68.4 Å². The molecule has 0 radical (unpaired) electrons. The molecule has 154 valence electrons. The molecule has 0 saturated heterocycles. The first-order valence-corrected chi connectivity index (χ1v) is 9.91. The van der Waals surface area contributed by atoms with E-state index >= 15 is 0 Å². The van der Waals surface area contributed by atoms with Crippen molar-refractivity contribution in [1.82, 2.24) is 14.8 Å². The Hall–Kier alpha value is -3.61. The molecule has 7 heteroatoms. The van der Waals surface area contributed by atoms with Crippen LogP contribution in [0.4, 0.5) is 5.95 Å². The number of aromatic nitrogens is 3. The average Bonchev–Trinajstić information content (AvgIpc) is 3.12. The highest BCUT2D eigenvalue weighted by Crippen LogP contribution is 2.36. The zero-order valence-electron chi connectivity index (χ0n) is 17.3. The molecular weight excluding hydrogens is 380 g/mol. The van der Waals surface area contributed by atoms with E-state index in [1.165, 1.54) is 0 Å². The topological polar surface area (TPSA) is 78.3 Å². The summed E-state index contributed by atoms with van der Waals surface area (Å²) in [5.41, 5.74) is 3.23. The van der Waals surface area contributed by atoms with Gasteiger partial charge in [-0.1, -0.05) is 42.5 Å². The van der Waals surface area contributed by atoms with Gasteiger partial charge in [-0.25, -0.2) is 9.48 Å². The van der Waals surface area contributed by atoms with Gasteiger partial charge in [0.15, 0.2) is 0 Å². The van der Waals surface area contributed by atoms with Crippen molar-refractivity contribution in [2.24, 2.45) is 0 Å². The fourth-order valence-electron chi connectivity index (χ4n) is 3.53. The number of hydrogen-bond donors (Lipinski definition) is 1. The van der Waals surface area contributed by atoms with Crippen molar-refractivity contribution in [1.29, 1.82) is 0 Å². The van der Waals surface area contributed by atoms with Crippen molar-refractivity contribution < 1.29 is 14.3 Å². The third kappa shape index (κ3) is 3.91. The minimum absolute atomic E-state index is 0.303. The van der Waals surface area contributed by atoms with Gasteiger partial charge in [-0.3, -0.25) is 0 Å². The van der Waals surface area contributed by atoms with Gasteiger partial charge in [0.25, 0.3) is 0 Å². The van der Waals surface area contributed by atoms with Crippen LogP contribution in [-0.4, -0.2) is 27.3 Å². The molecular formula is C23H24N4O3. The van der Waals surface area contributed by atoms with E-state index in [-0.39, 0.29) is 5.97 Å². The Morgan fingerprint density at radius 1 is 1.10 bits per heavy atom. The third-order valence-electron chi connectivity index (χ3n) is 4.90. The average molecular weight is 404 g/mol. The molecule has 1 aromatic heterocycles. The Bertz CT molecular complexity index is 1070. The van der Waals surface area contributed by atoms with Gasteiger partial charge in [0.1, 0.15) is 24.2 Å². The normalized spacial score (nSPS) is 15.4. The maximum absolute atomic E-state index is 12.7. The summed E-state index contributed by atoms with van der Waals surface area (Å²) in [6.07, 6.45) is 0. The van der Waals surface area contributed by atoms with Crippen LogP contribution in [0.15, 0.2) is 65.9 Å². The number of esters is 1.